The molecule has 1 N–H and O–H groups in total. The zero-order valence-corrected chi connectivity index (χ0v) is 17.1. The zero-order valence-electron chi connectivity index (χ0n) is 17.1. The number of hydrogen-bond donors (Lipinski definition) is 1. The smallest absolute Gasteiger partial charge is 0.168 e. The van der Waals surface area contributed by atoms with Crippen LogP contribution >= 0.6 is 0 Å². The lowest BCUT2D eigenvalue weighted by Crippen LogP contribution is -2.19. The van der Waals surface area contributed by atoms with Crippen molar-refractivity contribution in [3.05, 3.63) is 78.0 Å². The summed E-state index contributed by atoms with van der Waals surface area (Å²) in [5, 5.41) is 10.6. The van der Waals surface area contributed by atoms with Crippen LogP contribution in [0.5, 0.6) is 5.75 Å². The molecule has 1 aliphatic rings. The molecule has 1 aromatic heterocycles. The molecule has 4 aromatic rings. The van der Waals surface area contributed by atoms with E-state index in [1.165, 1.54) is 5.39 Å². The summed E-state index contributed by atoms with van der Waals surface area (Å²) in [6.07, 6.45) is 1.37. The minimum absolute atomic E-state index is 0.145. The van der Waals surface area contributed by atoms with Gasteiger partial charge >= 0.3 is 0 Å². The Balaban J connectivity index is 1.59. The summed E-state index contributed by atoms with van der Waals surface area (Å²) >= 11 is 0. The van der Waals surface area contributed by atoms with Gasteiger partial charge in [0.25, 0.3) is 0 Å². The molecule has 0 saturated heterocycles. The molecule has 0 radical (unpaired) electrons. The van der Waals surface area contributed by atoms with Crippen molar-refractivity contribution in [2.24, 2.45) is 5.92 Å². The van der Waals surface area contributed by atoms with Gasteiger partial charge in [0.05, 0.1) is 24.1 Å². The van der Waals surface area contributed by atoms with Crippen LogP contribution in [0.2, 0.25) is 0 Å². The van der Waals surface area contributed by atoms with Gasteiger partial charge in [0.15, 0.2) is 11.6 Å². The van der Waals surface area contributed by atoms with E-state index >= 15 is 0 Å². The Morgan fingerprint density at radius 3 is 2.53 bits per heavy atom. The molecular formula is C25H23N3O2. The highest BCUT2D eigenvalue weighted by Crippen LogP contribution is 2.34. The van der Waals surface area contributed by atoms with Crippen LogP contribution in [0.4, 0.5) is 11.5 Å². The molecule has 0 amide bonds. The van der Waals surface area contributed by atoms with Crippen molar-refractivity contribution in [3.8, 4) is 11.4 Å². The number of hydrogen-bond acceptors (Lipinski definition) is 4. The van der Waals surface area contributed by atoms with Crippen molar-refractivity contribution >= 4 is 28.1 Å². The van der Waals surface area contributed by atoms with Gasteiger partial charge in [0.1, 0.15) is 5.75 Å². The molecular weight excluding hydrogens is 374 g/mol. The first-order valence-corrected chi connectivity index (χ1v) is 10.2. The predicted octanol–water partition coefficient (Wildman–Crippen LogP) is 5.54. The number of fused-ring (bicyclic) bond motifs is 2. The average Bonchev–Trinajstić information content (AvgIpc) is 3.12. The van der Waals surface area contributed by atoms with Crippen LogP contribution in [0.1, 0.15) is 29.4 Å². The predicted molar refractivity (Wildman–Crippen MR) is 119 cm³/mol. The fourth-order valence-electron chi connectivity index (χ4n) is 4.18. The van der Waals surface area contributed by atoms with Crippen molar-refractivity contribution < 1.29 is 9.53 Å². The van der Waals surface area contributed by atoms with Crippen LogP contribution in [0, 0.1) is 5.92 Å². The Labute approximate surface area is 175 Å². The van der Waals surface area contributed by atoms with E-state index in [9.17, 15) is 4.79 Å². The largest absolute Gasteiger partial charge is 0.497 e. The second-order valence-corrected chi connectivity index (χ2v) is 7.90. The monoisotopic (exact) mass is 397 g/mol. The number of methoxy groups -OCH3 is 1. The summed E-state index contributed by atoms with van der Waals surface area (Å²) in [5.74, 6) is 1.85. The number of nitrogens with one attached hydrogen (secondary N) is 1. The van der Waals surface area contributed by atoms with Crippen LogP contribution < -0.4 is 10.1 Å². The van der Waals surface area contributed by atoms with Gasteiger partial charge in [-0.3, -0.25) is 4.79 Å². The number of aromatic nitrogens is 2. The molecule has 30 heavy (non-hydrogen) atoms. The maximum Gasteiger partial charge on any atom is 0.168 e. The Bertz CT molecular complexity index is 1240. The minimum atomic E-state index is 0.145. The highest BCUT2D eigenvalue weighted by Gasteiger charge is 2.31. The number of ketones is 1. The number of ether oxygens (including phenoxy) is 1. The Morgan fingerprint density at radius 2 is 1.77 bits per heavy atom. The molecule has 0 aliphatic heterocycles. The maximum absolute atomic E-state index is 13.0. The molecule has 0 unspecified atom stereocenters. The van der Waals surface area contributed by atoms with Gasteiger partial charge in [0.2, 0.25) is 0 Å². The first-order valence-electron chi connectivity index (χ1n) is 10.2. The van der Waals surface area contributed by atoms with Gasteiger partial charge in [-0.05, 0) is 59.5 Å². The zero-order chi connectivity index (χ0) is 20.7. The molecule has 5 rings (SSSR count). The summed E-state index contributed by atoms with van der Waals surface area (Å²) < 4.78 is 7.17. The van der Waals surface area contributed by atoms with Gasteiger partial charge in [-0.15, -0.1) is 5.10 Å². The topological polar surface area (TPSA) is 56.1 Å². The summed E-state index contributed by atoms with van der Waals surface area (Å²) in [7, 11) is 1.65. The molecule has 1 atom stereocenters. The van der Waals surface area contributed by atoms with Gasteiger partial charge in [0, 0.05) is 12.1 Å². The van der Waals surface area contributed by atoms with Crippen molar-refractivity contribution in [1.82, 2.24) is 9.78 Å². The van der Waals surface area contributed by atoms with E-state index in [0.717, 1.165) is 34.6 Å². The first kappa shape index (κ1) is 18.4. The molecule has 5 heteroatoms. The lowest BCUT2D eigenvalue weighted by Gasteiger charge is -2.19. The maximum atomic E-state index is 13.0. The van der Waals surface area contributed by atoms with Crippen LogP contribution in [0.3, 0.4) is 0 Å². The summed E-state index contributed by atoms with van der Waals surface area (Å²) in [4.78, 5) is 13.0. The van der Waals surface area contributed by atoms with E-state index in [2.05, 4.69) is 36.5 Å². The molecule has 1 aliphatic carbocycles. The first-order chi connectivity index (χ1) is 14.6. The fourth-order valence-corrected chi connectivity index (χ4v) is 4.18. The number of benzene rings is 3. The quantitative estimate of drug-likeness (QED) is 0.491. The molecule has 0 saturated carbocycles. The third kappa shape index (κ3) is 3.22. The Hall–Kier alpha value is -3.60. The van der Waals surface area contributed by atoms with Crippen molar-refractivity contribution in [2.75, 3.05) is 12.4 Å². The lowest BCUT2D eigenvalue weighted by molar-refractivity contribution is 0.0953. The van der Waals surface area contributed by atoms with E-state index < -0.39 is 0 Å². The SMILES string of the molecule is COc1ccc(-n2nc(Nc3ccc4ccccc4c3)c3c2C[C@@H](C)CC3=O)cc1. The number of carbonyl (C=O) groups excluding carboxylic acids is 1. The van der Waals surface area contributed by atoms with Gasteiger partial charge in [-0.2, -0.15) is 0 Å². The number of anilines is 2. The van der Waals surface area contributed by atoms with Crippen LogP contribution in [-0.2, 0) is 6.42 Å². The number of carbonyl (C=O) groups is 1. The molecule has 3 aromatic carbocycles. The van der Waals surface area contributed by atoms with E-state index in [4.69, 9.17) is 9.84 Å². The summed E-state index contributed by atoms with van der Waals surface area (Å²) in [6, 6.07) is 22.2. The highest BCUT2D eigenvalue weighted by molar-refractivity contribution is 6.03. The van der Waals surface area contributed by atoms with E-state index in [0.29, 0.717) is 23.7 Å². The van der Waals surface area contributed by atoms with E-state index in [1.54, 1.807) is 7.11 Å². The standard InChI is InChI=1S/C25H23N3O2/c1-16-13-22-24(23(29)14-16)25(27-28(22)20-9-11-21(30-2)12-10-20)26-19-8-7-17-5-3-4-6-18(17)15-19/h3-12,15-16H,13-14H2,1-2H3,(H,26,27)/t16-/m1/s1. The molecule has 150 valence electrons. The second kappa shape index (κ2) is 7.34. The molecule has 1 heterocycles. The van der Waals surface area contributed by atoms with Crippen molar-refractivity contribution in [1.29, 1.82) is 0 Å². The van der Waals surface area contributed by atoms with Crippen LogP contribution in [0.15, 0.2) is 66.7 Å². The van der Waals surface area contributed by atoms with Crippen molar-refractivity contribution in [3.63, 3.8) is 0 Å². The molecule has 0 spiro atoms. The Kier molecular flexibility index (Phi) is 4.51. The summed E-state index contributed by atoms with van der Waals surface area (Å²) in [6.45, 7) is 2.11. The molecule has 0 bridgehead atoms. The number of nitrogens with zero attached hydrogens (tertiary/aromatic N) is 2. The van der Waals surface area contributed by atoms with E-state index in [-0.39, 0.29) is 5.78 Å². The third-order valence-corrected chi connectivity index (χ3v) is 5.66. The normalized spacial score (nSPS) is 15.8. The van der Waals surface area contributed by atoms with Gasteiger partial charge < -0.3 is 10.1 Å². The highest BCUT2D eigenvalue weighted by atomic mass is 16.5. The van der Waals surface area contributed by atoms with Crippen molar-refractivity contribution in [2.45, 2.75) is 19.8 Å². The molecule has 0 fully saturated rings. The lowest BCUT2D eigenvalue weighted by atomic mass is 9.87. The van der Waals surface area contributed by atoms with Crippen LogP contribution in [0.25, 0.3) is 16.5 Å². The molecule has 5 nitrogen and oxygen atoms in total. The Morgan fingerprint density at radius 1 is 1.00 bits per heavy atom. The number of Topliss-reactive ketones (excluding diaryl/α,β-unsaturated/α-hetero) is 1. The van der Waals surface area contributed by atoms with Crippen LogP contribution in [-0.4, -0.2) is 22.7 Å². The van der Waals surface area contributed by atoms with Gasteiger partial charge in [-0.1, -0.05) is 37.3 Å². The summed E-state index contributed by atoms with van der Waals surface area (Å²) in [5.41, 5.74) is 3.51. The fraction of sp³-hybridized carbons (Fsp3) is 0.200. The number of rotatable bonds is 4. The van der Waals surface area contributed by atoms with Gasteiger partial charge in [-0.25, -0.2) is 4.68 Å². The minimum Gasteiger partial charge on any atom is -0.497 e. The third-order valence-electron chi connectivity index (χ3n) is 5.66. The second-order valence-electron chi connectivity index (χ2n) is 7.90. The average molecular weight is 397 g/mol. The van der Waals surface area contributed by atoms with E-state index in [1.807, 2.05) is 47.1 Å².